The lowest BCUT2D eigenvalue weighted by atomic mass is 9.89. The third kappa shape index (κ3) is 0.756. The first-order valence-electron chi connectivity index (χ1n) is 4.30. The van der Waals surface area contributed by atoms with Gasteiger partial charge in [0.1, 0.15) is 5.76 Å². The van der Waals surface area contributed by atoms with E-state index in [1.54, 1.807) is 0 Å². The minimum atomic E-state index is 0.283. The molecule has 0 saturated carbocycles. The third-order valence-corrected chi connectivity index (χ3v) is 4.17. The SMILES string of the molecule is c1cc2c(o1)CCNC21CSC1. The average Bonchev–Trinajstić information content (AvgIpc) is 2.47. The second-order valence-corrected chi connectivity index (χ2v) is 4.49. The number of furan rings is 1. The van der Waals surface area contributed by atoms with Crippen LogP contribution < -0.4 is 5.32 Å². The van der Waals surface area contributed by atoms with Crippen LogP contribution >= 0.6 is 11.8 Å². The standard InChI is InChI=1S/C9H11NOS/c1-3-10-9(5-12-6-9)7-2-4-11-8(1)7/h2,4,10H,1,3,5-6H2. The molecule has 1 fully saturated rings. The van der Waals surface area contributed by atoms with Gasteiger partial charge in [0, 0.05) is 30.0 Å². The van der Waals surface area contributed by atoms with Gasteiger partial charge >= 0.3 is 0 Å². The molecule has 0 amide bonds. The average molecular weight is 181 g/mol. The highest BCUT2D eigenvalue weighted by Gasteiger charge is 2.43. The molecule has 1 aromatic heterocycles. The molecule has 1 spiro atoms. The second-order valence-electron chi connectivity index (χ2n) is 3.51. The van der Waals surface area contributed by atoms with Gasteiger partial charge in [0.05, 0.1) is 11.8 Å². The van der Waals surface area contributed by atoms with Crippen LogP contribution in [0.4, 0.5) is 0 Å². The van der Waals surface area contributed by atoms with Crippen LogP contribution in [0.3, 0.4) is 0 Å². The van der Waals surface area contributed by atoms with Gasteiger partial charge in [-0.15, -0.1) is 0 Å². The molecular weight excluding hydrogens is 170 g/mol. The zero-order valence-electron chi connectivity index (χ0n) is 6.80. The van der Waals surface area contributed by atoms with Crippen LogP contribution in [0.5, 0.6) is 0 Å². The molecule has 0 unspecified atom stereocenters. The molecule has 2 nitrogen and oxygen atoms in total. The smallest absolute Gasteiger partial charge is 0.110 e. The Kier molecular flexibility index (Phi) is 1.35. The van der Waals surface area contributed by atoms with Gasteiger partial charge in [-0.25, -0.2) is 0 Å². The number of thioether (sulfide) groups is 1. The predicted molar refractivity (Wildman–Crippen MR) is 49.4 cm³/mol. The lowest BCUT2D eigenvalue weighted by molar-refractivity contribution is 0.350. The molecule has 1 saturated heterocycles. The van der Waals surface area contributed by atoms with E-state index in [4.69, 9.17) is 4.42 Å². The number of fused-ring (bicyclic) bond motifs is 2. The van der Waals surface area contributed by atoms with E-state index in [0.29, 0.717) is 0 Å². The molecular formula is C9H11NOS. The molecule has 0 aliphatic carbocycles. The summed E-state index contributed by atoms with van der Waals surface area (Å²) in [6, 6.07) is 2.13. The summed E-state index contributed by atoms with van der Waals surface area (Å²) >= 11 is 2.01. The molecule has 12 heavy (non-hydrogen) atoms. The van der Waals surface area contributed by atoms with Crippen molar-refractivity contribution in [3.8, 4) is 0 Å². The van der Waals surface area contributed by atoms with Gasteiger partial charge in [0.15, 0.2) is 0 Å². The molecule has 3 heterocycles. The maximum absolute atomic E-state index is 5.44. The first-order chi connectivity index (χ1) is 5.91. The number of hydrogen-bond donors (Lipinski definition) is 1. The normalized spacial score (nSPS) is 25.0. The van der Waals surface area contributed by atoms with Crippen LogP contribution in [0.2, 0.25) is 0 Å². The highest BCUT2D eigenvalue weighted by Crippen LogP contribution is 2.42. The fourth-order valence-electron chi connectivity index (χ4n) is 2.03. The van der Waals surface area contributed by atoms with Crippen LogP contribution in [-0.4, -0.2) is 18.1 Å². The van der Waals surface area contributed by atoms with Gasteiger partial charge in [0.25, 0.3) is 0 Å². The lowest BCUT2D eigenvalue weighted by Gasteiger charge is -2.44. The van der Waals surface area contributed by atoms with Crippen molar-refractivity contribution in [1.29, 1.82) is 0 Å². The summed E-state index contributed by atoms with van der Waals surface area (Å²) in [5.74, 6) is 3.62. The molecule has 0 aromatic carbocycles. The van der Waals surface area contributed by atoms with Gasteiger partial charge in [0.2, 0.25) is 0 Å². The molecule has 0 atom stereocenters. The van der Waals surface area contributed by atoms with E-state index in [1.165, 1.54) is 22.8 Å². The van der Waals surface area contributed by atoms with Crippen LogP contribution in [0.15, 0.2) is 16.7 Å². The first-order valence-corrected chi connectivity index (χ1v) is 5.46. The van der Waals surface area contributed by atoms with Gasteiger partial charge in [-0.1, -0.05) is 0 Å². The van der Waals surface area contributed by atoms with Crippen LogP contribution in [0.25, 0.3) is 0 Å². The van der Waals surface area contributed by atoms with Gasteiger partial charge in [-0.2, -0.15) is 11.8 Å². The number of nitrogens with one attached hydrogen (secondary N) is 1. The Morgan fingerprint density at radius 2 is 2.42 bits per heavy atom. The molecule has 2 aliphatic heterocycles. The summed E-state index contributed by atoms with van der Waals surface area (Å²) in [6.45, 7) is 1.07. The highest BCUT2D eigenvalue weighted by atomic mass is 32.2. The number of rotatable bonds is 0. The molecule has 64 valence electrons. The van der Waals surface area contributed by atoms with Crippen molar-refractivity contribution in [1.82, 2.24) is 5.32 Å². The largest absolute Gasteiger partial charge is 0.469 e. The van der Waals surface area contributed by atoms with Crippen molar-refractivity contribution in [2.75, 3.05) is 18.1 Å². The zero-order valence-corrected chi connectivity index (χ0v) is 7.62. The molecule has 2 aliphatic rings. The van der Waals surface area contributed by atoms with Crippen LogP contribution in [-0.2, 0) is 12.0 Å². The molecule has 1 N–H and O–H groups in total. The van der Waals surface area contributed by atoms with Crippen molar-refractivity contribution in [2.45, 2.75) is 12.0 Å². The summed E-state index contributed by atoms with van der Waals surface area (Å²) in [6.07, 6.45) is 2.87. The van der Waals surface area contributed by atoms with Crippen molar-refractivity contribution < 1.29 is 4.42 Å². The lowest BCUT2D eigenvalue weighted by Crippen LogP contribution is -2.55. The first kappa shape index (κ1) is 7.04. The summed E-state index contributed by atoms with van der Waals surface area (Å²) in [5, 5.41) is 3.59. The van der Waals surface area contributed by atoms with Crippen LogP contribution in [0, 0.1) is 0 Å². The molecule has 0 bridgehead atoms. The van der Waals surface area contributed by atoms with Crippen molar-refractivity contribution in [3.05, 3.63) is 23.7 Å². The molecule has 3 rings (SSSR count). The topological polar surface area (TPSA) is 25.2 Å². The van der Waals surface area contributed by atoms with E-state index in [-0.39, 0.29) is 5.54 Å². The van der Waals surface area contributed by atoms with E-state index in [9.17, 15) is 0 Å². The Hall–Kier alpha value is -0.410. The summed E-state index contributed by atoms with van der Waals surface area (Å²) in [5.41, 5.74) is 1.69. The molecule has 0 radical (unpaired) electrons. The monoisotopic (exact) mass is 181 g/mol. The Bertz CT molecular complexity index is 303. The summed E-state index contributed by atoms with van der Waals surface area (Å²) < 4.78 is 5.44. The Balaban J connectivity index is 2.09. The van der Waals surface area contributed by atoms with Gasteiger partial charge < -0.3 is 9.73 Å². The Morgan fingerprint density at radius 3 is 3.17 bits per heavy atom. The van der Waals surface area contributed by atoms with E-state index in [1.807, 2.05) is 18.0 Å². The maximum atomic E-state index is 5.44. The zero-order chi connectivity index (χ0) is 8.02. The van der Waals surface area contributed by atoms with Crippen molar-refractivity contribution in [3.63, 3.8) is 0 Å². The third-order valence-electron chi connectivity index (χ3n) is 2.77. The summed E-state index contributed by atoms with van der Waals surface area (Å²) in [4.78, 5) is 0. The van der Waals surface area contributed by atoms with Gasteiger partial charge in [-0.3, -0.25) is 0 Å². The molecule has 3 heteroatoms. The Morgan fingerprint density at radius 1 is 1.50 bits per heavy atom. The predicted octanol–water partition coefficient (Wildman–Crippen LogP) is 1.37. The quantitative estimate of drug-likeness (QED) is 0.654. The van der Waals surface area contributed by atoms with E-state index in [2.05, 4.69) is 11.4 Å². The van der Waals surface area contributed by atoms with Crippen LogP contribution in [0.1, 0.15) is 11.3 Å². The van der Waals surface area contributed by atoms with E-state index < -0.39 is 0 Å². The minimum Gasteiger partial charge on any atom is -0.469 e. The number of hydrogen-bond acceptors (Lipinski definition) is 3. The van der Waals surface area contributed by atoms with E-state index in [0.717, 1.165) is 13.0 Å². The minimum absolute atomic E-state index is 0.283. The van der Waals surface area contributed by atoms with Crippen molar-refractivity contribution in [2.24, 2.45) is 0 Å². The highest BCUT2D eigenvalue weighted by molar-refractivity contribution is 8.00. The Labute approximate surface area is 75.7 Å². The second kappa shape index (κ2) is 2.30. The maximum Gasteiger partial charge on any atom is 0.110 e. The molecule has 1 aromatic rings. The summed E-state index contributed by atoms with van der Waals surface area (Å²) in [7, 11) is 0. The fourth-order valence-corrected chi connectivity index (χ4v) is 3.16. The van der Waals surface area contributed by atoms with E-state index >= 15 is 0 Å². The van der Waals surface area contributed by atoms with Gasteiger partial charge in [-0.05, 0) is 6.07 Å². The fraction of sp³-hybridized carbons (Fsp3) is 0.556. The van der Waals surface area contributed by atoms with Crippen molar-refractivity contribution >= 4 is 11.8 Å².